The molecule has 0 unspecified atom stereocenters. The Morgan fingerprint density at radius 2 is 1.64 bits per heavy atom. The molecule has 8 atom stereocenters. The van der Waals surface area contributed by atoms with Crippen molar-refractivity contribution in [3.8, 4) is 0 Å². The molecule has 4 fully saturated rings. The number of rotatable bonds is 2. The Morgan fingerprint density at radius 1 is 1.03 bits per heavy atom. The molecule has 0 radical (unpaired) electrons. The normalized spacial score (nSPS) is 36.2. The maximum absolute atomic E-state index is 13.4. The lowest BCUT2D eigenvalue weighted by atomic mass is 10.00. The Labute approximate surface area is 193 Å². The fourth-order valence-corrected chi connectivity index (χ4v) is 5.30. The molecule has 7 nitrogen and oxygen atoms in total. The zero-order chi connectivity index (χ0) is 24.0. The summed E-state index contributed by atoms with van der Waals surface area (Å²) in [6, 6.07) is 9.47. The van der Waals surface area contributed by atoms with E-state index in [0.717, 1.165) is 18.7 Å². The van der Waals surface area contributed by atoms with Crippen molar-refractivity contribution < 1.29 is 33.6 Å². The predicted molar refractivity (Wildman–Crippen MR) is 119 cm³/mol. The number of amides is 1. The second kappa shape index (κ2) is 12.1. The van der Waals surface area contributed by atoms with Crippen molar-refractivity contribution in [2.75, 3.05) is 32.8 Å². The summed E-state index contributed by atoms with van der Waals surface area (Å²) in [7, 11) is 0. The lowest BCUT2D eigenvalue weighted by Crippen LogP contribution is -2.33. The minimum Gasteiger partial charge on any atom is -0.445 e. The third-order valence-corrected chi connectivity index (χ3v) is 7.02. The minimum atomic E-state index is -1.15. The van der Waals surface area contributed by atoms with E-state index in [9.17, 15) is 23.8 Å². The molecule has 33 heavy (non-hydrogen) atoms. The van der Waals surface area contributed by atoms with Crippen LogP contribution in [0.3, 0.4) is 0 Å². The molecule has 1 aromatic rings. The lowest BCUT2D eigenvalue weighted by Gasteiger charge is -2.19. The van der Waals surface area contributed by atoms with Gasteiger partial charge < -0.3 is 30.3 Å². The van der Waals surface area contributed by atoms with Gasteiger partial charge in [-0.15, -0.1) is 0 Å². The van der Waals surface area contributed by atoms with E-state index in [1.165, 1.54) is 0 Å². The van der Waals surface area contributed by atoms with Gasteiger partial charge in [0.05, 0.1) is 12.2 Å². The number of halogens is 2. The van der Waals surface area contributed by atoms with Crippen molar-refractivity contribution in [3.05, 3.63) is 35.9 Å². The van der Waals surface area contributed by atoms with Crippen molar-refractivity contribution in [2.24, 2.45) is 23.7 Å². The second-order valence-electron chi connectivity index (χ2n) is 9.25. The zero-order valence-electron chi connectivity index (χ0n) is 19.0. The molecule has 4 N–H and O–H groups in total. The largest absolute Gasteiger partial charge is 0.445 e. The van der Waals surface area contributed by atoms with Crippen LogP contribution in [0.25, 0.3) is 0 Å². The number of carbonyl (C=O) groups is 1. The van der Waals surface area contributed by atoms with E-state index in [2.05, 4.69) is 5.32 Å². The van der Waals surface area contributed by atoms with Gasteiger partial charge in [-0.2, -0.15) is 0 Å². The summed E-state index contributed by atoms with van der Waals surface area (Å²) in [6.45, 7) is 4.73. The summed E-state index contributed by atoms with van der Waals surface area (Å²) >= 11 is 0. The molecule has 1 amide bonds. The standard InChI is InChI=1S/C15H18FNO3.C7H12FNO.C2H6O/c16-13-6-11-7-17(8-12(11)14(13)18)15(19)20-9-10-4-2-1-3-5-10;8-6-1-4-2-9-3-5(4)7(6)10;1-2-3/h1-5,11-14,18H,6-9H2;4-7,9-10H,1-3H2;3H,2H2,1H3/t11-,12+,13-,14-;4-,5+,6-,7-;/m00./s1. The molecule has 0 bridgehead atoms. The molecule has 1 aromatic carbocycles. The van der Waals surface area contributed by atoms with Crippen LogP contribution in [-0.4, -0.2) is 83.6 Å². The molecule has 2 aliphatic heterocycles. The number of carbonyl (C=O) groups excluding carboxylic acids is 1. The van der Waals surface area contributed by atoms with Crippen LogP contribution < -0.4 is 5.32 Å². The van der Waals surface area contributed by atoms with Crippen molar-refractivity contribution in [3.63, 3.8) is 0 Å². The monoisotopic (exact) mass is 470 g/mol. The fourth-order valence-electron chi connectivity index (χ4n) is 5.30. The number of aliphatic hydroxyl groups excluding tert-OH is 3. The second-order valence-corrected chi connectivity index (χ2v) is 9.25. The van der Waals surface area contributed by atoms with Crippen LogP contribution >= 0.6 is 0 Å². The van der Waals surface area contributed by atoms with E-state index < -0.39 is 24.6 Å². The summed E-state index contributed by atoms with van der Waals surface area (Å²) in [5.41, 5.74) is 0.934. The third-order valence-electron chi connectivity index (χ3n) is 7.02. The number of likely N-dealkylation sites (tertiary alicyclic amines) is 1. The van der Waals surface area contributed by atoms with Crippen LogP contribution in [0.5, 0.6) is 0 Å². The average Bonchev–Trinajstić information content (AvgIpc) is 3.55. The number of ether oxygens (including phenoxy) is 1. The van der Waals surface area contributed by atoms with E-state index >= 15 is 0 Å². The van der Waals surface area contributed by atoms with Gasteiger partial charge in [-0.05, 0) is 43.7 Å². The highest BCUT2D eigenvalue weighted by molar-refractivity contribution is 5.68. The maximum Gasteiger partial charge on any atom is 0.410 e. The van der Waals surface area contributed by atoms with Gasteiger partial charge in [0.2, 0.25) is 0 Å². The van der Waals surface area contributed by atoms with Crippen molar-refractivity contribution in [1.29, 1.82) is 0 Å². The van der Waals surface area contributed by atoms with Gasteiger partial charge in [0.15, 0.2) is 0 Å². The van der Waals surface area contributed by atoms with Gasteiger partial charge in [-0.1, -0.05) is 30.3 Å². The number of aliphatic hydroxyl groups is 3. The SMILES string of the molecule is CCO.O=C(OCc1ccccc1)N1C[C@@H]2C[C@H](F)[C@@H](O)[C@@H]2C1.O[C@H]1[C@@H]2CNC[C@@H]2C[C@@H]1F. The average molecular weight is 471 g/mol. The van der Waals surface area contributed by atoms with E-state index in [0.29, 0.717) is 31.8 Å². The zero-order valence-corrected chi connectivity index (χ0v) is 19.0. The van der Waals surface area contributed by atoms with E-state index in [1.807, 2.05) is 30.3 Å². The molecule has 0 aromatic heterocycles. The highest BCUT2D eigenvalue weighted by Crippen LogP contribution is 2.40. The summed E-state index contributed by atoms with van der Waals surface area (Å²) < 4.78 is 31.4. The maximum atomic E-state index is 13.4. The van der Waals surface area contributed by atoms with Gasteiger partial charge in [0, 0.05) is 38.1 Å². The van der Waals surface area contributed by atoms with Gasteiger partial charge in [-0.25, -0.2) is 13.6 Å². The number of alkyl halides is 2. The smallest absolute Gasteiger partial charge is 0.410 e. The number of fused-ring (bicyclic) bond motifs is 2. The molecule has 9 heteroatoms. The minimum absolute atomic E-state index is 0.0595. The first-order chi connectivity index (χ1) is 15.8. The number of benzene rings is 1. The van der Waals surface area contributed by atoms with Crippen LogP contribution in [0.4, 0.5) is 13.6 Å². The van der Waals surface area contributed by atoms with E-state index in [1.54, 1.807) is 11.8 Å². The van der Waals surface area contributed by atoms with Crippen LogP contribution in [-0.2, 0) is 11.3 Å². The highest BCUT2D eigenvalue weighted by atomic mass is 19.1. The Morgan fingerprint density at radius 3 is 2.24 bits per heavy atom. The summed E-state index contributed by atoms with van der Waals surface area (Å²) in [5.74, 6) is 0.499. The number of hydrogen-bond acceptors (Lipinski definition) is 6. The molecular weight excluding hydrogens is 434 g/mol. The summed E-state index contributed by atoms with van der Waals surface area (Å²) in [4.78, 5) is 13.5. The summed E-state index contributed by atoms with van der Waals surface area (Å²) in [5, 5.41) is 29.7. The molecule has 2 heterocycles. The van der Waals surface area contributed by atoms with Gasteiger partial charge >= 0.3 is 6.09 Å². The third kappa shape index (κ3) is 6.41. The van der Waals surface area contributed by atoms with E-state index in [-0.39, 0.29) is 37.1 Å². The van der Waals surface area contributed by atoms with Crippen molar-refractivity contribution in [2.45, 2.75) is 50.9 Å². The Hall–Kier alpha value is -1.81. The van der Waals surface area contributed by atoms with Gasteiger partial charge in [-0.3, -0.25) is 0 Å². The fraction of sp³-hybridized carbons (Fsp3) is 0.708. The molecule has 2 saturated heterocycles. The summed E-state index contributed by atoms with van der Waals surface area (Å²) in [6.07, 6.45) is -3.23. The van der Waals surface area contributed by atoms with Crippen LogP contribution in [0.2, 0.25) is 0 Å². The van der Waals surface area contributed by atoms with Crippen LogP contribution in [0, 0.1) is 23.7 Å². The molecule has 2 saturated carbocycles. The number of nitrogens with zero attached hydrogens (tertiary/aromatic N) is 1. The Balaban J connectivity index is 0.000000196. The first kappa shape index (κ1) is 25.8. The van der Waals surface area contributed by atoms with Crippen molar-refractivity contribution in [1.82, 2.24) is 10.2 Å². The van der Waals surface area contributed by atoms with Crippen LogP contribution in [0.15, 0.2) is 30.3 Å². The number of hydrogen-bond donors (Lipinski definition) is 4. The molecule has 2 aliphatic carbocycles. The lowest BCUT2D eigenvalue weighted by molar-refractivity contribution is 0.0588. The molecule has 186 valence electrons. The molecule has 0 spiro atoms. The first-order valence-corrected chi connectivity index (χ1v) is 11.8. The molecule has 4 aliphatic rings. The first-order valence-electron chi connectivity index (χ1n) is 11.8. The Kier molecular flexibility index (Phi) is 9.43. The van der Waals surface area contributed by atoms with Gasteiger partial charge in [0.1, 0.15) is 19.0 Å². The molecule has 5 rings (SSSR count). The number of nitrogens with one attached hydrogen (secondary N) is 1. The van der Waals surface area contributed by atoms with Crippen LogP contribution in [0.1, 0.15) is 25.3 Å². The quantitative estimate of drug-likeness (QED) is 0.527. The Bertz CT molecular complexity index is 741. The molecular formula is C24H36F2N2O5. The highest BCUT2D eigenvalue weighted by Gasteiger charge is 2.49. The van der Waals surface area contributed by atoms with Crippen molar-refractivity contribution >= 4 is 6.09 Å². The predicted octanol–water partition coefficient (Wildman–Crippen LogP) is 1.90. The van der Waals surface area contributed by atoms with E-state index in [4.69, 9.17) is 9.84 Å². The van der Waals surface area contributed by atoms with Gasteiger partial charge in [0.25, 0.3) is 0 Å². The topological polar surface area (TPSA) is 102 Å².